The molecule has 110 valence electrons. The fourth-order valence-electron chi connectivity index (χ4n) is 2.58. The average molecular weight is 288 g/mol. The maximum atomic E-state index is 11.0. The zero-order chi connectivity index (χ0) is 14.8. The van der Waals surface area contributed by atoms with Crippen LogP contribution in [0.4, 0.5) is 11.5 Å². The highest BCUT2D eigenvalue weighted by Gasteiger charge is 2.22. The Morgan fingerprint density at radius 2 is 2.29 bits per heavy atom. The quantitative estimate of drug-likeness (QED) is 0.683. The van der Waals surface area contributed by atoms with Crippen molar-refractivity contribution in [2.75, 3.05) is 5.32 Å². The van der Waals surface area contributed by atoms with Crippen molar-refractivity contribution < 1.29 is 4.92 Å². The molecule has 3 rings (SSSR count). The number of aryl methyl sites for hydroxylation is 1. The molecular weight excluding hydrogens is 272 g/mol. The van der Waals surface area contributed by atoms with E-state index in [1.54, 1.807) is 6.07 Å². The van der Waals surface area contributed by atoms with Crippen LogP contribution in [0.25, 0.3) is 0 Å². The summed E-state index contributed by atoms with van der Waals surface area (Å²) in [5.41, 5.74) is -0.0391. The van der Waals surface area contributed by atoms with Gasteiger partial charge in [0.25, 0.3) is 0 Å². The van der Waals surface area contributed by atoms with E-state index >= 15 is 0 Å². The van der Waals surface area contributed by atoms with Gasteiger partial charge in [-0.3, -0.25) is 10.1 Å². The van der Waals surface area contributed by atoms with Gasteiger partial charge < -0.3 is 9.88 Å². The highest BCUT2D eigenvalue weighted by molar-refractivity contribution is 5.55. The van der Waals surface area contributed by atoms with Crippen molar-refractivity contribution in [2.45, 2.75) is 38.8 Å². The Balaban J connectivity index is 1.85. The highest BCUT2D eigenvalue weighted by atomic mass is 16.6. The molecule has 21 heavy (non-hydrogen) atoms. The van der Waals surface area contributed by atoms with Crippen LogP contribution in [-0.2, 0) is 13.0 Å². The molecule has 0 fully saturated rings. The van der Waals surface area contributed by atoms with Crippen molar-refractivity contribution in [1.29, 1.82) is 0 Å². The van der Waals surface area contributed by atoms with E-state index in [0.717, 1.165) is 37.5 Å². The summed E-state index contributed by atoms with van der Waals surface area (Å²) in [5.74, 6) is 2.04. The van der Waals surface area contributed by atoms with Crippen LogP contribution in [0, 0.1) is 10.1 Å². The first-order chi connectivity index (χ1) is 10.2. The average Bonchev–Trinajstić information content (AvgIpc) is 2.91. The third-order valence-corrected chi connectivity index (χ3v) is 3.61. The molecule has 1 atom stereocenters. The van der Waals surface area contributed by atoms with Gasteiger partial charge in [-0.2, -0.15) is 0 Å². The van der Waals surface area contributed by atoms with Crippen molar-refractivity contribution in [3.8, 4) is 0 Å². The number of pyridine rings is 1. The van der Waals surface area contributed by atoms with E-state index in [2.05, 4.69) is 25.1 Å². The van der Waals surface area contributed by atoms with Gasteiger partial charge in [-0.1, -0.05) is 0 Å². The van der Waals surface area contributed by atoms with Gasteiger partial charge in [-0.25, -0.2) is 4.98 Å². The third-order valence-electron chi connectivity index (χ3n) is 3.61. The Morgan fingerprint density at radius 1 is 1.43 bits per heavy atom. The van der Waals surface area contributed by atoms with Gasteiger partial charge in [-0.05, 0) is 25.8 Å². The highest BCUT2D eigenvalue weighted by Crippen LogP contribution is 2.26. The Hall–Kier alpha value is -2.51. The monoisotopic (exact) mass is 288 g/mol. The lowest BCUT2D eigenvalue weighted by Crippen LogP contribution is -2.18. The zero-order valence-corrected chi connectivity index (χ0v) is 11.7. The molecule has 0 aromatic carbocycles. The molecule has 1 aliphatic heterocycles. The summed E-state index contributed by atoms with van der Waals surface area (Å²) in [7, 11) is 0. The lowest BCUT2D eigenvalue weighted by Gasteiger charge is -2.19. The summed E-state index contributed by atoms with van der Waals surface area (Å²) in [6, 6.07) is 2.78. The summed E-state index contributed by atoms with van der Waals surface area (Å²) in [4.78, 5) is 14.6. The van der Waals surface area contributed by atoms with Crippen LogP contribution in [0.5, 0.6) is 0 Å². The van der Waals surface area contributed by atoms with Crippen LogP contribution in [-0.4, -0.2) is 24.7 Å². The molecular formula is C13H16N6O2. The maximum absolute atomic E-state index is 11.0. The number of anilines is 1. The van der Waals surface area contributed by atoms with E-state index in [1.165, 1.54) is 12.3 Å². The molecule has 0 radical (unpaired) electrons. The topological polar surface area (TPSA) is 98.8 Å². The van der Waals surface area contributed by atoms with E-state index in [4.69, 9.17) is 0 Å². The number of nitro groups is 1. The molecule has 8 nitrogen and oxygen atoms in total. The van der Waals surface area contributed by atoms with Gasteiger partial charge in [0, 0.05) is 25.2 Å². The summed E-state index contributed by atoms with van der Waals surface area (Å²) >= 11 is 0. The minimum Gasteiger partial charge on any atom is -0.355 e. The van der Waals surface area contributed by atoms with Crippen LogP contribution >= 0.6 is 0 Å². The molecule has 1 unspecified atom stereocenters. The van der Waals surface area contributed by atoms with Gasteiger partial charge in [0.1, 0.15) is 5.82 Å². The predicted octanol–water partition coefficient (Wildman–Crippen LogP) is 2.09. The summed E-state index contributed by atoms with van der Waals surface area (Å²) in [5, 5.41) is 22.5. The second kappa shape index (κ2) is 5.47. The first kappa shape index (κ1) is 13.5. The van der Waals surface area contributed by atoms with Crippen LogP contribution in [0.15, 0.2) is 18.3 Å². The van der Waals surface area contributed by atoms with Crippen molar-refractivity contribution in [3.05, 3.63) is 40.1 Å². The smallest absolute Gasteiger partial charge is 0.311 e. The van der Waals surface area contributed by atoms with Gasteiger partial charge in [0.15, 0.2) is 5.82 Å². The van der Waals surface area contributed by atoms with Gasteiger partial charge in [0.05, 0.1) is 11.0 Å². The van der Waals surface area contributed by atoms with Crippen molar-refractivity contribution >= 4 is 11.5 Å². The molecule has 0 amide bonds. The molecule has 0 aliphatic carbocycles. The second-order valence-corrected chi connectivity index (χ2v) is 5.08. The van der Waals surface area contributed by atoms with Crippen molar-refractivity contribution in [3.63, 3.8) is 0 Å². The number of nitrogens with one attached hydrogen (secondary N) is 1. The number of hydrogen-bond donors (Lipinski definition) is 1. The predicted molar refractivity (Wildman–Crippen MR) is 75.9 cm³/mol. The minimum absolute atomic E-state index is 0.0391. The lowest BCUT2D eigenvalue weighted by atomic mass is 10.1. The van der Waals surface area contributed by atoms with E-state index in [9.17, 15) is 10.1 Å². The number of rotatable bonds is 4. The molecule has 8 heteroatoms. The Bertz CT molecular complexity index is 668. The van der Waals surface area contributed by atoms with Crippen LogP contribution < -0.4 is 5.32 Å². The first-order valence-corrected chi connectivity index (χ1v) is 6.94. The summed E-state index contributed by atoms with van der Waals surface area (Å²) in [6.07, 6.45) is 4.70. The Labute approximate surface area is 121 Å². The number of nitrogens with zero attached hydrogens (tertiary/aromatic N) is 5. The number of aromatic nitrogens is 4. The largest absolute Gasteiger partial charge is 0.355 e. The zero-order valence-electron chi connectivity index (χ0n) is 11.7. The first-order valence-electron chi connectivity index (χ1n) is 6.94. The van der Waals surface area contributed by atoms with Crippen LogP contribution in [0.1, 0.15) is 37.5 Å². The molecule has 1 aliphatic rings. The van der Waals surface area contributed by atoms with Gasteiger partial charge in [0.2, 0.25) is 5.82 Å². The number of fused-ring (bicyclic) bond motifs is 1. The molecule has 1 N–H and O–H groups in total. The van der Waals surface area contributed by atoms with E-state index < -0.39 is 4.92 Å². The van der Waals surface area contributed by atoms with E-state index in [0.29, 0.717) is 0 Å². The Kier molecular flexibility index (Phi) is 3.51. The molecule has 2 aromatic heterocycles. The van der Waals surface area contributed by atoms with Gasteiger partial charge >= 0.3 is 5.69 Å². The second-order valence-electron chi connectivity index (χ2n) is 5.08. The van der Waals surface area contributed by atoms with Gasteiger partial charge in [-0.15, -0.1) is 10.2 Å². The molecule has 0 bridgehead atoms. The van der Waals surface area contributed by atoms with Crippen LogP contribution in [0.2, 0.25) is 0 Å². The third kappa shape index (κ3) is 2.56. The lowest BCUT2D eigenvalue weighted by molar-refractivity contribution is -0.384. The summed E-state index contributed by atoms with van der Waals surface area (Å²) < 4.78 is 2.09. The summed E-state index contributed by atoms with van der Waals surface area (Å²) in [6.45, 7) is 2.80. The molecule has 0 saturated heterocycles. The SMILES string of the molecule is CC(Nc1ncccc1[N+](=O)[O-])c1nnc2n1CCCC2. The van der Waals surface area contributed by atoms with E-state index in [-0.39, 0.29) is 17.5 Å². The molecule has 3 heterocycles. The number of hydrogen-bond acceptors (Lipinski definition) is 6. The molecule has 2 aromatic rings. The standard InChI is InChI=1S/C13H16N6O2/c1-9(13-17-16-11-6-2-3-8-18(11)13)15-12-10(19(20)21)5-4-7-14-12/h4-5,7,9H,2-3,6,8H2,1H3,(H,14,15). The normalized spacial score (nSPS) is 15.3. The fourth-order valence-corrected chi connectivity index (χ4v) is 2.58. The van der Waals surface area contributed by atoms with Crippen LogP contribution in [0.3, 0.4) is 0 Å². The maximum Gasteiger partial charge on any atom is 0.311 e. The molecule has 0 spiro atoms. The minimum atomic E-state index is -0.443. The van der Waals surface area contributed by atoms with Crippen molar-refractivity contribution in [2.24, 2.45) is 0 Å². The van der Waals surface area contributed by atoms with Crippen molar-refractivity contribution in [1.82, 2.24) is 19.7 Å². The Morgan fingerprint density at radius 3 is 3.10 bits per heavy atom. The fraction of sp³-hybridized carbons (Fsp3) is 0.462. The molecule has 0 saturated carbocycles. The van der Waals surface area contributed by atoms with E-state index in [1.807, 2.05) is 6.92 Å².